The Balaban J connectivity index is 1.37. The molecular weight excluding hydrogens is 447 g/mol. The Morgan fingerprint density at radius 2 is 1.84 bits per heavy atom. The number of anilines is 2. The molecule has 4 rings (SSSR count). The number of ether oxygens (including phenoxy) is 1. The first-order valence-electron chi connectivity index (χ1n) is 11.2. The fourth-order valence-corrected chi connectivity index (χ4v) is 4.97. The van der Waals surface area contributed by atoms with Gasteiger partial charge in [0, 0.05) is 56.6 Å². The first kappa shape index (κ1) is 23.3. The molecule has 1 N–H and O–H groups in total. The van der Waals surface area contributed by atoms with Gasteiger partial charge in [0.2, 0.25) is 0 Å². The molecule has 32 heavy (non-hydrogen) atoms. The van der Waals surface area contributed by atoms with E-state index in [1.54, 1.807) is 36.5 Å². The number of halogens is 2. The van der Waals surface area contributed by atoms with E-state index in [0.29, 0.717) is 33.3 Å². The van der Waals surface area contributed by atoms with Crippen molar-refractivity contribution in [2.24, 2.45) is 5.92 Å². The van der Waals surface area contributed by atoms with Gasteiger partial charge in [-0.15, -0.1) is 0 Å². The van der Waals surface area contributed by atoms with E-state index in [1.165, 1.54) is 0 Å². The van der Waals surface area contributed by atoms with Crippen molar-refractivity contribution in [1.29, 1.82) is 0 Å². The Morgan fingerprint density at radius 3 is 2.53 bits per heavy atom. The van der Waals surface area contributed by atoms with Crippen LogP contribution in [0.1, 0.15) is 36.0 Å². The highest BCUT2D eigenvalue weighted by Crippen LogP contribution is 2.31. The third kappa shape index (κ3) is 5.93. The van der Waals surface area contributed by atoms with E-state index in [4.69, 9.17) is 27.9 Å². The molecule has 1 aromatic carbocycles. The number of carbonyl (C=O) groups is 1. The number of methoxy groups -OCH3 is 1. The van der Waals surface area contributed by atoms with Crippen molar-refractivity contribution >= 4 is 40.6 Å². The minimum absolute atomic E-state index is 0.229. The molecule has 0 atom stereocenters. The van der Waals surface area contributed by atoms with Gasteiger partial charge in [-0.2, -0.15) is 0 Å². The SMILES string of the molecule is COC1CCN(CC2CCN(c3ncc(Cl)cc3NC(=O)c3cccc(Cl)c3)CC2)CC1. The van der Waals surface area contributed by atoms with Crippen LogP contribution < -0.4 is 10.2 Å². The summed E-state index contributed by atoms with van der Waals surface area (Å²) in [6.45, 7) is 5.21. The summed E-state index contributed by atoms with van der Waals surface area (Å²) in [4.78, 5) is 22.1. The maximum atomic E-state index is 12.8. The van der Waals surface area contributed by atoms with Gasteiger partial charge < -0.3 is 19.9 Å². The first-order valence-corrected chi connectivity index (χ1v) is 12.0. The zero-order valence-electron chi connectivity index (χ0n) is 18.4. The molecule has 0 spiro atoms. The second kappa shape index (κ2) is 10.8. The van der Waals surface area contributed by atoms with E-state index < -0.39 is 0 Å². The molecule has 1 amide bonds. The lowest BCUT2D eigenvalue weighted by Crippen LogP contribution is -2.43. The molecular formula is C24H30Cl2N4O2. The van der Waals surface area contributed by atoms with Crippen LogP contribution in [0.25, 0.3) is 0 Å². The highest BCUT2D eigenvalue weighted by Gasteiger charge is 2.26. The number of piperidine rings is 2. The van der Waals surface area contributed by atoms with E-state index in [0.717, 1.165) is 64.2 Å². The molecule has 3 heterocycles. The first-order chi connectivity index (χ1) is 15.5. The van der Waals surface area contributed by atoms with E-state index in [-0.39, 0.29) is 5.91 Å². The van der Waals surface area contributed by atoms with Gasteiger partial charge >= 0.3 is 0 Å². The zero-order chi connectivity index (χ0) is 22.5. The molecule has 0 saturated carbocycles. The minimum atomic E-state index is -0.229. The summed E-state index contributed by atoms with van der Waals surface area (Å²) in [6.07, 6.45) is 6.52. The number of nitrogens with one attached hydrogen (secondary N) is 1. The van der Waals surface area contributed by atoms with Gasteiger partial charge in [0.05, 0.1) is 16.8 Å². The zero-order valence-corrected chi connectivity index (χ0v) is 19.9. The van der Waals surface area contributed by atoms with Crippen LogP contribution in [0.5, 0.6) is 0 Å². The van der Waals surface area contributed by atoms with Crippen LogP contribution in [0.15, 0.2) is 36.5 Å². The molecule has 8 heteroatoms. The summed E-state index contributed by atoms with van der Waals surface area (Å²) in [5, 5.41) is 3.99. The normalized spacial score (nSPS) is 18.7. The number of likely N-dealkylation sites (tertiary alicyclic amines) is 1. The van der Waals surface area contributed by atoms with Gasteiger partial charge in [-0.1, -0.05) is 29.3 Å². The number of nitrogens with zero attached hydrogens (tertiary/aromatic N) is 3. The fraction of sp³-hybridized carbons (Fsp3) is 0.500. The molecule has 172 valence electrons. The number of hydrogen-bond donors (Lipinski definition) is 1. The summed E-state index contributed by atoms with van der Waals surface area (Å²) >= 11 is 12.2. The van der Waals surface area contributed by atoms with Crippen molar-refractivity contribution in [3.05, 3.63) is 52.1 Å². The van der Waals surface area contributed by atoms with Gasteiger partial charge in [0.1, 0.15) is 0 Å². The Kier molecular flexibility index (Phi) is 7.89. The maximum absolute atomic E-state index is 12.8. The van der Waals surface area contributed by atoms with E-state index in [2.05, 4.69) is 20.1 Å². The molecule has 2 aromatic rings. The average Bonchev–Trinajstić information content (AvgIpc) is 2.80. The molecule has 0 radical (unpaired) electrons. The summed E-state index contributed by atoms with van der Waals surface area (Å²) in [5.41, 5.74) is 1.13. The van der Waals surface area contributed by atoms with Crippen molar-refractivity contribution < 1.29 is 9.53 Å². The monoisotopic (exact) mass is 476 g/mol. The van der Waals surface area contributed by atoms with Crippen molar-refractivity contribution in [3.63, 3.8) is 0 Å². The molecule has 1 aromatic heterocycles. The van der Waals surface area contributed by atoms with E-state index in [1.807, 2.05) is 7.11 Å². The van der Waals surface area contributed by atoms with Crippen LogP contribution in [-0.2, 0) is 4.74 Å². The number of aromatic nitrogens is 1. The fourth-order valence-electron chi connectivity index (χ4n) is 4.62. The molecule has 6 nitrogen and oxygen atoms in total. The standard InChI is InChI=1S/C24H30Cl2N4O2/c1-32-21-7-9-29(10-8-21)16-17-5-11-30(12-6-17)23-22(14-20(26)15-27-23)28-24(31)18-3-2-4-19(25)13-18/h2-4,13-15,17,21H,5-12,16H2,1H3,(H,28,31). The third-order valence-electron chi connectivity index (χ3n) is 6.47. The number of carbonyl (C=O) groups excluding carboxylic acids is 1. The lowest BCUT2D eigenvalue weighted by Gasteiger charge is -2.38. The smallest absolute Gasteiger partial charge is 0.255 e. The lowest BCUT2D eigenvalue weighted by atomic mass is 9.95. The summed E-state index contributed by atoms with van der Waals surface area (Å²) in [5.74, 6) is 1.22. The van der Waals surface area contributed by atoms with Crippen LogP contribution in [0.4, 0.5) is 11.5 Å². The largest absolute Gasteiger partial charge is 0.381 e. The number of hydrogen-bond acceptors (Lipinski definition) is 5. The van der Waals surface area contributed by atoms with Gasteiger partial charge in [-0.05, 0) is 55.9 Å². The van der Waals surface area contributed by atoms with Gasteiger partial charge in [0.25, 0.3) is 5.91 Å². The van der Waals surface area contributed by atoms with Crippen LogP contribution >= 0.6 is 23.2 Å². The Labute approximate surface area is 199 Å². The number of rotatable bonds is 6. The Hall–Kier alpha value is -1.86. The lowest BCUT2D eigenvalue weighted by molar-refractivity contribution is 0.0353. The number of pyridine rings is 1. The van der Waals surface area contributed by atoms with Crippen molar-refractivity contribution in [3.8, 4) is 0 Å². The highest BCUT2D eigenvalue weighted by atomic mass is 35.5. The van der Waals surface area contributed by atoms with E-state index >= 15 is 0 Å². The Morgan fingerprint density at radius 1 is 1.09 bits per heavy atom. The number of benzene rings is 1. The molecule has 2 saturated heterocycles. The molecule has 2 aliphatic rings. The predicted octanol–water partition coefficient (Wildman–Crippen LogP) is 4.97. The molecule has 0 unspecified atom stereocenters. The average molecular weight is 477 g/mol. The molecule has 2 aliphatic heterocycles. The van der Waals surface area contributed by atoms with Crippen molar-refractivity contribution in [1.82, 2.24) is 9.88 Å². The maximum Gasteiger partial charge on any atom is 0.255 e. The van der Waals surface area contributed by atoms with Gasteiger partial charge in [-0.25, -0.2) is 4.98 Å². The molecule has 0 aliphatic carbocycles. The topological polar surface area (TPSA) is 57.7 Å². The summed E-state index contributed by atoms with van der Waals surface area (Å²) in [7, 11) is 1.81. The van der Waals surface area contributed by atoms with Gasteiger partial charge in [0.15, 0.2) is 5.82 Å². The minimum Gasteiger partial charge on any atom is -0.381 e. The second-order valence-electron chi connectivity index (χ2n) is 8.66. The third-order valence-corrected chi connectivity index (χ3v) is 6.91. The Bertz CT molecular complexity index is 926. The molecule has 0 bridgehead atoms. The predicted molar refractivity (Wildman–Crippen MR) is 130 cm³/mol. The van der Waals surface area contributed by atoms with Crippen LogP contribution in [-0.4, -0.2) is 61.7 Å². The van der Waals surface area contributed by atoms with E-state index in [9.17, 15) is 4.79 Å². The second-order valence-corrected chi connectivity index (χ2v) is 9.53. The van der Waals surface area contributed by atoms with Crippen LogP contribution in [0, 0.1) is 5.92 Å². The van der Waals surface area contributed by atoms with Gasteiger partial charge in [-0.3, -0.25) is 4.79 Å². The molecule has 2 fully saturated rings. The van der Waals surface area contributed by atoms with Crippen LogP contribution in [0.3, 0.4) is 0 Å². The van der Waals surface area contributed by atoms with Crippen LogP contribution in [0.2, 0.25) is 10.0 Å². The highest BCUT2D eigenvalue weighted by molar-refractivity contribution is 6.31. The summed E-state index contributed by atoms with van der Waals surface area (Å²) < 4.78 is 5.49. The van der Waals surface area contributed by atoms with Crippen molar-refractivity contribution in [2.75, 3.05) is 50.1 Å². The van der Waals surface area contributed by atoms with Crippen molar-refractivity contribution in [2.45, 2.75) is 31.8 Å². The summed E-state index contributed by atoms with van der Waals surface area (Å²) in [6, 6.07) is 8.65. The quantitative estimate of drug-likeness (QED) is 0.637. The number of amides is 1.